The first kappa shape index (κ1) is 11.3. The van der Waals surface area contributed by atoms with Gasteiger partial charge in [0.1, 0.15) is 0 Å². The number of imidazole rings is 1. The minimum Gasteiger partial charge on any atom is -0.332 e. The van der Waals surface area contributed by atoms with Crippen LogP contribution >= 0.6 is 0 Å². The van der Waals surface area contributed by atoms with E-state index in [1.807, 2.05) is 4.57 Å². The monoisotopic (exact) mass is 249 g/mol. The highest BCUT2D eigenvalue weighted by molar-refractivity contribution is 5.62. The summed E-state index contributed by atoms with van der Waals surface area (Å²) in [6.07, 6.45) is 3.42. The molecule has 0 saturated heterocycles. The molecule has 2 heterocycles. The van der Waals surface area contributed by atoms with Gasteiger partial charge in [-0.2, -0.15) is 0 Å². The van der Waals surface area contributed by atoms with Crippen LogP contribution in [0.5, 0.6) is 0 Å². The number of fused-ring (bicyclic) bond motifs is 1. The zero-order valence-corrected chi connectivity index (χ0v) is 9.74. The number of hydrogen-bond donors (Lipinski definition) is 1. The molecule has 0 bridgehead atoms. The topological polar surface area (TPSA) is 43.8 Å². The molecule has 1 atom stereocenters. The number of nitrogens with zero attached hydrogens (tertiary/aromatic N) is 2. The normalized spacial score (nSPS) is 18.7. The molecule has 5 heteroatoms. The van der Waals surface area contributed by atoms with Gasteiger partial charge in [0, 0.05) is 23.8 Å². The van der Waals surface area contributed by atoms with Crippen LogP contribution in [0.25, 0.3) is 11.3 Å². The number of aromatic nitrogens is 2. The SMILES string of the molecule is NC1CCc2c(-c3ccc(F)c(F)c3)ncn2C1. The average molecular weight is 249 g/mol. The van der Waals surface area contributed by atoms with Gasteiger partial charge in [-0.15, -0.1) is 0 Å². The minimum atomic E-state index is -0.846. The van der Waals surface area contributed by atoms with Crippen LogP contribution in [0.15, 0.2) is 24.5 Å². The number of rotatable bonds is 1. The van der Waals surface area contributed by atoms with Crippen LogP contribution in [0, 0.1) is 11.6 Å². The van der Waals surface area contributed by atoms with E-state index in [0.717, 1.165) is 36.8 Å². The first-order valence-electron chi connectivity index (χ1n) is 5.90. The lowest BCUT2D eigenvalue weighted by Gasteiger charge is -2.21. The molecular weight excluding hydrogens is 236 g/mol. The molecule has 0 fully saturated rings. The highest BCUT2D eigenvalue weighted by Gasteiger charge is 2.20. The van der Waals surface area contributed by atoms with Crippen molar-refractivity contribution in [1.29, 1.82) is 0 Å². The number of benzene rings is 1. The lowest BCUT2D eigenvalue weighted by molar-refractivity contribution is 0.461. The zero-order chi connectivity index (χ0) is 12.7. The van der Waals surface area contributed by atoms with Crippen LogP contribution < -0.4 is 5.73 Å². The summed E-state index contributed by atoms with van der Waals surface area (Å²) in [5.41, 5.74) is 8.26. The minimum absolute atomic E-state index is 0.143. The summed E-state index contributed by atoms with van der Waals surface area (Å²) < 4.78 is 28.1. The maximum Gasteiger partial charge on any atom is 0.159 e. The summed E-state index contributed by atoms with van der Waals surface area (Å²) in [6.45, 7) is 0.728. The Labute approximate surface area is 103 Å². The Morgan fingerprint density at radius 1 is 1.28 bits per heavy atom. The summed E-state index contributed by atoms with van der Waals surface area (Å²) in [4.78, 5) is 4.29. The molecule has 2 N–H and O–H groups in total. The summed E-state index contributed by atoms with van der Waals surface area (Å²) in [5.74, 6) is -1.68. The van der Waals surface area contributed by atoms with Gasteiger partial charge in [0.2, 0.25) is 0 Å². The molecule has 1 aliphatic rings. The molecule has 0 aliphatic carbocycles. The lowest BCUT2D eigenvalue weighted by atomic mass is 10.0. The maximum atomic E-state index is 13.2. The number of halogens is 2. The zero-order valence-electron chi connectivity index (χ0n) is 9.74. The standard InChI is InChI=1S/C13H13F2N3/c14-10-3-1-8(5-11(10)15)13-12-4-2-9(16)6-18(12)7-17-13/h1,3,5,7,9H,2,4,6,16H2. The van der Waals surface area contributed by atoms with Crippen molar-refractivity contribution < 1.29 is 8.78 Å². The van der Waals surface area contributed by atoms with Crippen molar-refractivity contribution in [3.8, 4) is 11.3 Å². The van der Waals surface area contributed by atoms with Crippen molar-refractivity contribution in [1.82, 2.24) is 9.55 Å². The number of nitrogens with two attached hydrogens (primary N) is 1. The molecule has 2 aromatic rings. The van der Waals surface area contributed by atoms with Gasteiger partial charge < -0.3 is 10.3 Å². The van der Waals surface area contributed by atoms with Crippen LogP contribution in [-0.4, -0.2) is 15.6 Å². The second-order valence-electron chi connectivity index (χ2n) is 4.62. The second kappa shape index (κ2) is 4.17. The van der Waals surface area contributed by atoms with Crippen molar-refractivity contribution in [2.24, 2.45) is 5.73 Å². The van der Waals surface area contributed by atoms with Crippen molar-refractivity contribution in [3.05, 3.63) is 41.9 Å². The van der Waals surface area contributed by atoms with Gasteiger partial charge >= 0.3 is 0 Å². The van der Waals surface area contributed by atoms with Gasteiger partial charge in [0.05, 0.1) is 12.0 Å². The van der Waals surface area contributed by atoms with Crippen LogP contribution in [0.3, 0.4) is 0 Å². The fraction of sp³-hybridized carbons (Fsp3) is 0.308. The van der Waals surface area contributed by atoms with E-state index in [-0.39, 0.29) is 6.04 Å². The first-order valence-corrected chi connectivity index (χ1v) is 5.90. The predicted molar refractivity (Wildman–Crippen MR) is 63.9 cm³/mol. The third-order valence-corrected chi connectivity index (χ3v) is 3.32. The van der Waals surface area contributed by atoms with Crippen molar-refractivity contribution >= 4 is 0 Å². The van der Waals surface area contributed by atoms with Gasteiger partial charge in [-0.25, -0.2) is 13.8 Å². The van der Waals surface area contributed by atoms with Crippen molar-refractivity contribution in [2.45, 2.75) is 25.4 Å². The fourth-order valence-corrected chi connectivity index (χ4v) is 2.38. The Kier molecular flexibility index (Phi) is 2.63. The predicted octanol–water partition coefficient (Wildman–Crippen LogP) is 2.10. The van der Waals surface area contributed by atoms with Gasteiger partial charge in [0.15, 0.2) is 11.6 Å². The molecule has 0 spiro atoms. The Morgan fingerprint density at radius 3 is 2.89 bits per heavy atom. The van der Waals surface area contributed by atoms with E-state index in [4.69, 9.17) is 5.73 Å². The Morgan fingerprint density at radius 2 is 2.11 bits per heavy atom. The lowest BCUT2D eigenvalue weighted by Crippen LogP contribution is -2.31. The van der Waals surface area contributed by atoms with E-state index >= 15 is 0 Å². The van der Waals surface area contributed by atoms with Gasteiger partial charge in [0.25, 0.3) is 0 Å². The Balaban J connectivity index is 2.05. The van der Waals surface area contributed by atoms with E-state index in [1.54, 1.807) is 12.4 Å². The summed E-state index contributed by atoms with van der Waals surface area (Å²) in [7, 11) is 0. The largest absolute Gasteiger partial charge is 0.332 e. The summed E-state index contributed by atoms with van der Waals surface area (Å²) in [6, 6.07) is 4.01. The molecule has 94 valence electrons. The molecule has 0 saturated carbocycles. The molecule has 3 rings (SSSR count). The maximum absolute atomic E-state index is 13.2. The van der Waals surface area contributed by atoms with Gasteiger partial charge in [-0.05, 0) is 31.0 Å². The number of hydrogen-bond acceptors (Lipinski definition) is 2. The highest BCUT2D eigenvalue weighted by atomic mass is 19.2. The van der Waals surface area contributed by atoms with E-state index < -0.39 is 11.6 Å². The molecular formula is C13H13F2N3. The van der Waals surface area contributed by atoms with E-state index in [2.05, 4.69) is 4.98 Å². The third kappa shape index (κ3) is 1.80. The van der Waals surface area contributed by atoms with Gasteiger partial charge in [-0.3, -0.25) is 0 Å². The molecule has 0 radical (unpaired) electrons. The molecule has 1 aromatic carbocycles. The Hall–Kier alpha value is -1.75. The van der Waals surface area contributed by atoms with Crippen molar-refractivity contribution in [3.63, 3.8) is 0 Å². The fourth-order valence-electron chi connectivity index (χ4n) is 2.38. The molecule has 18 heavy (non-hydrogen) atoms. The van der Waals surface area contributed by atoms with Crippen LogP contribution in [0.1, 0.15) is 12.1 Å². The van der Waals surface area contributed by atoms with Crippen molar-refractivity contribution in [2.75, 3.05) is 0 Å². The molecule has 1 unspecified atom stereocenters. The molecule has 1 aliphatic heterocycles. The van der Waals surface area contributed by atoms with Crippen LogP contribution in [0.4, 0.5) is 8.78 Å². The highest BCUT2D eigenvalue weighted by Crippen LogP contribution is 2.27. The van der Waals surface area contributed by atoms with Crippen LogP contribution in [0.2, 0.25) is 0 Å². The Bertz CT molecular complexity index is 592. The van der Waals surface area contributed by atoms with E-state index in [9.17, 15) is 8.78 Å². The van der Waals surface area contributed by atoms with Gasteiger partial charge in [-0.1, -0.05) is 0 Å². The smallest absolute Gasteiger partial charge is 0.159 e. The first-order chi connectivity index (χ1) is 8.65. The van der Waals surface area contributed by atoms with Crippen LogP contribution in [-0.2, 0) is 13.0 Å². The van der Waals surface area contributed by atoms with E-state index in [1.165, 1.54) is 6.07 Å². The molecule has 1 aromatic heterocycles. The second-order valence-corrected chi connectivity index (χ2v) is 4.62. The molecule has 3 nitrogen and oxygen atoms in total. The summed E-state index contributed by atoms with van der Waals surface area (Å²) in [5, 5.41) is 0. The summed E-state index contributed by atoms with van der Waals surface area (Å²) >= 11 is 0. The average Bonchev–Trinajstić information content (AvgIpc) is 2.75. The third-order valence-electron chi connectivity index (χ3n) is 3.32. The quantitative estimate of drug-likeness (QED) is 0.841. The molecule has 0 amide bonds. The van der Waals surface area contributed by atoms with E-state index in [0.29, 0.717) is 5.56 Å².